The highest BCUT2D eigenvalue weighted by atomic mass is 16.3. The van der Waals surface area contributed by atoms with Gasteiger partial charge in [-0.3, -0.25) is 9.78 Å². The molecule has 3 aromatic rings. The summed E-state index contributed by atoms with van der Waals surface area (Å²) in [6.07, 6.45) is 1.88. The first-order valence-corrected chi connectivity index (χ1v) is 9.01. The number of nitrogens with zero attached hydrogens (tertiary/aromatic N) is 2. The predicted molar refractivity (Wildman–Crippen MR) is 102 cm³/mol. The Bertz CT molecular complexity index is 954. The third-order valence-electron chi connectivity index (χ3n) is 5.31. The maximum absolute atomic E-state index is 12.8. The van der Waals surface area contributed by atoms with E-state index >= 15 is 0 Å². The Balaban J connectivity index is 1.53. The number of rotatable bonds is 2. The van der Waals surface area contributed by atoms with Crippen LogP contribution in [0.25, 0.3) is 10.8 Å². The highest BCUT2D eigenvalue weighted by molar-refractivity contribution is 5.95. The molecular formula is C22H22N2O2. The van der Waals surface area contributed by atoms with Crippen molar-refractivity contribution in [1.82, 2.24) is 9.88 Å². The highest BCUT2D eigenvalue weighted by Gasteiger charge is 2.32. The van der Waals surface area contributed by atoms with E-state index in [9.17, 15) is 9.90 Å². The fraction of sp³-hybridized carbons (Fsp3) is 0.273. The van der Waals surface area contributed by atoms with Crippen molar-refractivity contribution in [3.05, 3.63) is 77.6 Å². The number of carbonyl (C=O) groups is 1. The van der Waals surface area contributed by atoms with E-state index in [-0.39, 0.29) is 11.8 Å². The smallest absolute Gasteiger partial charge is 0.255 e. The number of hydrogen-bond donors (Lipinski definition) is 1. The molecule has 1 aromatic heterocycles. The Kier molecular flexibility index (Phi) is 4.43. The van der Waals surface area contributed by atoms with Crippen molar-refractivity contribution in [3.63, 3.8) is 0 Å². The Morgan fingerprint density at radius 1 is 1.12 bits per heavy atom. The molecule has 2 aromatic carbocycles. The standard InChI is InChI=1S/C22H22N2O2/c1-15-19(7-4-11-23-15)22(26)24-12-10-20(21(25)14-24)18-9-8-16-5-2-3-6-17(16)13-18/h2-9,11,13,20-21,25H,10,12,14H2,1H3/t20-,21+/m0/s1. The number of hydrogen-bond acceptors (Lipinski definition) is 3. The molecule has 2 heterocycles. The number of benzene rings is 2. The maximum Gasteiger partial charge on any atom is 0.255 e. The van der Waals surface area contributed by atoms with Gasteiger partial charge in [0.15, 0.2) is 0 Å². The lowest BCUT2D eigenvalue weighted by molar-refractivity contribution is 0.0381. The van der Waals surface area contributed by atoms with Crippen molar-refractivity contribution in [3.8, 4) is 0 Å². The van der Waals surface area contributed by atoms with Gasteiger partial charge in [-0.05, 0) is 41.8 Å². The summed E-state index contributed by atoms with van der Waals surface area (Å²) in [5.41, 5.74) is 2.48. The fourth-order valence-electron chi connectivity index (χ4n) is 3.82. The van der Waals surface area contributed by atoms with Crippen LogP contribution in [-0.2, 0) is 0 Å². The third-order valence-corrected chi connectivity index (χ3v) is 5.31. The van der Waals surface area contributed by atoms with Gasteiger partial charge >= 0.3 is 0 Å². The predicted octanol–water partition coefficient (Wildman–Crippen LogP) is 3.53. The average Bonchev–Trinajstić information content (AvgIpc) is 2.67. The van der Waals surface area contributed by atoms with Crippen LogP contribution < -0.4 is 0 Å². The van der Waals surface area contributed by atoms with Gasteiger partial charge in [0.1, 0.15) is 0 Å². The molecule has 4 heteroatoms. The molecule has 0 radical (unpaired) electrons. The molecule has 1 fully saturated rings. The molecule has 1 N–H and O–H groups in total. The molecule has 2 atom stereocenters. The fourth-order valence-corrected chi connectivity index (χ4v) is 3.82. The van der Waals surface area contributed by atoms with Gasteiger partial charge in [-0.1, -0.05) is 42.5 Å². The van der Waals surface area contributed by atoms with E-state index in [4.69, 9.17) is 0 Å². The van der Waals surface area contributed by atoms with Gasteiger partial charge in [-0.2, -0.15) is 0 Å². The number of carbonyl (C=O) groups excluding carboxylic acids is 1. The molecule has 132 valence electrons. The lowest BCUT2D eigenvalue weighted by Crippen LogP contribution is -2.45. The van der Waals surface area contributed by atoms with Gasteiger partial charge in [-0.25, -0.2) is 0 Å². The second-order valence-corrected chi connectivity index (χ2v) is 6.96. The molecule has 0 bridgehead atoms. The Morgan fingerprint density at radius 3 is 2.69 bits per heavy atom. The summed E-state index contributed by atoms with van der Waals surface area (Å²) in [7, 11) is 0. The zero-order valence-corrected chi connectivity index (χ0v) is 14.8. The maximum atomic E-state index is 12.8. The van der Waals surface area contributed by atoms with Crippen LogP contribution in [0, 0.1) is 6.92 Å². The van der Waals surface area contributed by atoms with Crippen LogP contribution in [0.5, 0.6) is 0 Å². The topological polar surface area (TPSA) is 53.4 Å². The largest absolute Gasteiger partial charge is 0.391 e. The van der Waals surface area contributed by atoms with Crippen molar-refractivity contribution in [2.45, 2.75) is 25.4 Å². The molecular weight excluding hydrogens is 324 g/mol. The summed E-state index contributed by atoms with van der Waals surface area (Å²) in [4.78, 5) is 18.7. The van der Waals surface area contributed by atoms with Crippen LogP contribution in [0.2, 0.25) is 0 Å². The molecule has 1 saturated heterocycles. The minimum absolute atomic E-state index is 0.0494. The van der Waals surface area contributed by atoms with Crippen LogP contribution in [0.4, 0.5) is 0 Å². The summed E-state index contributed by atoms with van der Waals surface area (Å²) >= 11 is 0. The minimum Gasteiger partial charge on any atom is -0.391 e. The van der Waals surface area contributed by atoms with Crippen LogP contribution in [0.15, 0.2) is 60.8 Å². The molecule has 26 heavy (non-hydrogen) atoms. The van der Waals surface area contributed by atoms with Crippen LogP contribution >= 0.6 is 0 Å². The summed E-state index contributed by atoms with van der Waals surface area (Å²) in [6, 6.07) is 18.2. The molecule has 1 amide bonds. The Labute approximate surface area is 153 Å². The molecule has 1 aliphatic rings. The number of aliphatic hydroxyl groups is 1. The van der Waals surface area contributed by atoms with Crippen molar-refractivity contribution in [2.75, 3.05) is 13.1 Å². The van der Waals surface area contributed by atoms with E-state index in [0.717, 1.165) is 17.7 Å². The van der Waals surface area contributed by atoms with Crippen LogP contribution in [0.3, 0.4) is 0 Å². The molecule has 1 aliphatic heterocycles. The van der Waals surface area contributed by atoms with Gasteiger partial charge < -0.3 is 10.0 Å². The second-order valence-electron chi connectivity index (χ2n) is 6.96. The number of β-amino-alcohol motifs (C(OH)–C–C–N with tert-alkyl or cyclic N) is 1. The number of piperidine rings is 1. The number of fused-ring (bicyclic) bond motifs is 1. The summed E-state index contributed by atoms with van der Waals surface area (Å²) < 4.78 is 0. The zero-order valence-electron chi connectivity index (χ0n) is 14.8. The average molecular weight is 346 g/mol. The normalized spacial score (nSPS) is 20.3. The Morgan fingerprint density at radius 2 is 1.92 bits per heavy atom. The van der Waals surface area contributed by atoms with E-state index in [1.54, 1.807) is 23.2 Å². The number of aryl methyl sites for hydroxylation is 1. The molecule has 0 aliphatic carbocycles. The number of likely N-dealkylation sites (tertiary alicyclic amines) is 1. The van der Waals surface area contributed by atoms with Crippen molar-refractivity contribution >= 4 is 16.7 Å². The second kappa shape index (κ2) is 6.89. The van der Waals surface area contributed by atoms with E-state index < -0.39 is 6.10 Å². The van der Waals surface area contributed by atoms with E-state index in [1.165, 1.54) is 10.8 Å². The van der Waals surface area contributed by atoms with Gasteiger partial charge in [0.05, 0.1) is 11.7 Å². The zero-order chi connectivity index (χ0) is 18.1. The lowest BCUT2D eigenvalue weighted by Gasteiger charge is -2.36. The number of pyridine rings is 1. The lowest BCUT2D eigenvalue weighted by atomic mass is 9.86. The van der Waals surface area contributed by atoms with Crippen LogP contribution in [0.1, 0.15) is 34.0 Å². The summed E-state index contributed by atoms with van der Waals surface area (Å²) in [5, 5.41) is 13.1. The molecule has 4 rings (SSSR count). The number of aromatic nitrogens is 1. The van der Waals surface area contributed by atoms with Crippen molar-refractivity contribution < 1.29 is 9.90 Å². The van der Waals surface area contributed by atoms with Crippen molar-refractivity contribution in [1.29, 1.82) is 0 Å². The van der Waals surface area contributed by atoms with Crippen molar-refractivity contribution in [2.24, 2.45) is 0 Å². The summed E-state index contributed by atoms with van der Waals surface area (Å²) in [6.45, 7) is 2.83. The first kappa shape index (κ1) is 16.7. The monoisotopic (exact) mass is 346 g/mol. The molecule has 0 saturated carbocycles. The van der Waals surface area contributed by atoms with Crippen LogP contribution in [-0.4, -0.2) is 40.1 Å². The first-order valence-electron chi connectivity index (χ1n) is 9.01. The van der Waals surface area contributed by atoms with E-state index in [0.29, 0.717) is 18.7 Å². The highest BCUT2D eigenvalue weighted by Crippen LogP contribution is 2.31. The minimum atomic E-state index is -0.564. The molecule has 4 nitrogen and oxygen atoms in total. The number of aliphatic hydroxyl groups excluding tert-OH is 1. The van der Waals surface area contributed by atoms with E-state index in [1.807, 2.05) is 19.1 Å². The van der Waals surface area contributed by atoms with E-state index in [2.05, 4.69) is 35.3 Å². The number of amides is 1. The Hall–Kier alpha value is -2.72. The quantitative estimate of drug-likeness (QED) is 0.772. The molecule has 0 spiro atoms. The summed E-state index contributed by atoms with van der Waals surface area (Å²) in [5.74, 6) is 0.00487. The van der Waals surface area contributed by atoms with Gasteiger partial charge in [-0.15, -0.1) is 0 Å². The first-order chi connectivity index (χ1) is 12.6. The molecule has 0 unspecified atom stereocenters. The van der Waals surface area contributed by atoms with Gasteiger partial charge in [0, 0.05) is 30.9 Å². The third kappa shape index (κ3) is 3.08. The van der Waals surface area contributed by atoms with Gasteiger partial charge in [0.2, 0.25) is 0 Å². The van der Waals surface area contributed by atoms with Gasteiger partial charge in [0.25, 0.3) is 5.91 Å². The SMILES string of the molecule is Cc1ncccc1C(=O)N1CC[C@@H](c2ccc3ccccc3c2)[C@H](O)C1.